The first-order valence-corrected chi connectivity index (χ1v) is 9.54. The first-order chi connectivity index (χ1) is 13.4. The molecule has 152 valence electrons. The molecule has 2 amide bonds. The van der Waals surface area contributed by atoms with Crippen LogP contribution in [0.25, 0.3) is 0 Å². The van der Waals surface area contributed by atoms with Crippen LogP contribution >= 0.6 is 0 Å². The zero-order valence-electron chi connectivity index (χ0n) is 16.8. The molecule has 7 heteroatoms. The van der Waals surface area contributed by atoms with Crippen LogP contribution in [0.3, 0.4) is 0 Å². The van der Waals surface area contributed by atoms with E-state index < -0.39 is 11.7 Å². The molecular weight excluding hydrogens is 363 g/mol. The first-order valence-electron chi connectivity index (χ1n) is 9.54. The predicted octanol–water partition coefficient (Wildman–Crippen LogP) is 3.08. The van der Waals surface area contributed by atoms with E-state index in [0.717, 1.165) is 19.3 Å². The summed E-state index contributed by atoms with van der Waals surface area (Å²) in [5.74, 6) is -0.282. The highest BCUT2D eigenvalue weighted by Gasteiger charge is 2.47. The van der Waals surface area contributed by atoms with E-state index in [1.165, 1.54) is 14.2 Å². The van der Waals surface area contributed by atoms with Crippen molar-refractivity contribution in [3.8, 4) is 11.5 Å². The van der Waals surface area contributed by atoms with Crippen LogP contribution in [0.2, 0.25) is 0 Å². The predicted molar refractivity (Wildman–Crippen MR) is 103 cm³/mol. The van der Waals surface area contributed by atoms with Crippen LogP contribution in [0.15, 0.2) is 29.6 Å². The zero-order valence-corrected chi connectivity index (χ0v) is 16.8. The van der Waals surface area contributed by atoms with Crippen molar-refractivity contribution in [3.63, 3.8) is 0 Å². The second-order valence-electron chi connectivity index (χ2n) is 7.58. The SMILES string of the molecule is COc1ccc(OC)c(C(=O)N[C@@H]2CC[C@H]3CCN(C(=O)C(F)=C(C)C)[C@H]32)c1. The number of rotatable bonds is 5. The van der Waals surface area contributed by atoms with Crippen molar-refractivity contribution in [3.05, 3.63) is 35.2 Å². The van der Waals surface area contributed by atoms with E-state index in [1.54, 1.807) is 36.9 Å². The third kappa shape index (κ3) is 3.70. The number of methoxy groups -OCH3 is 2. The van der Waals surface area contributed by atoms with Crippen LogP contribution in [-0.2, 0) is 4.79 Å². The number of nitrogens with zero attached hydrogens (tertiary/aromatic N) is 1. The second-order valence-corrected chi connectivity index (χ2v) is 7.58. The number of carbonyl (C=O) groups is 2. The number of benzene rings is 1. The van der Waals surface area contributed by atoms with Crippen molar-refractivity contribution in [2.45, 2.75) is 45.2 Å². The Hall–Kier alpha value is -2.57. The van der Waals surface area contributed by atoms with Crippen molar-refractivity contribution >= 4 is 11.8 Å². The van der Waals surface area contributed by atoms with Gasteiger partial charge in [0.25, 0.3) is 11.8 Å². The summed E-state index contributed by atoms with van der Waals surface area (Å²) in [6.45, 7) is 3.69. The van der Waals surface area contributed by atoms with Gasteiger partial charge in [-0.1, -0.05) is 0 Å². The van der Waals surface area contributed by atoms with Gasteiger partial charge in [-0.15, -0.1) is 0 Å². The Bertz CT molecular complexity index is 804. The molecular formula is C21H27FN2O4. The Morgan fingerprint density at radius 2 is 1.89 bits per heavy atom. The molecule has 1 aliphatic heterocycles. The van der Waals surface area contributed by atoms with Crippen LogP contribution in [0.1, 0.15) is 43.5 Å². The molecule has 1 aromatic rings. The third-order valence-corrected chi connectivity index (χ3v) is 5.70. The lowest BCUT2D eigenvalue weighted by Gasteiger charge is -2.30. The summed E-state index contributed by atoms with van der Waals surface area (Å²) in [6, 6.07) is 4.63. The van der Waals surface area contributed by atoms with Crippen LogP contribution in [-0.4, -0.2) is 49.6 Å². The summed E-state index contributed by atoms with van der Waals surface area (Å²) in [6.07, 6.45) is 2.50. The van der Waals surface area contributed by atoms with E-state index in [-0.39, 0.29) is 23.9 Å². The number of hydrogen-bond donors (Lipinski definition) is 1. The molecule has 3 rings (SSSR count). The average molecular weight is 390 g/mol. The van der Waals surface area contributed by atoms with E-state index in [0.29, 0.717) is 29.2 Å². The van der Waals surface area contributed by atoms with Gasteiger partial charge in [0.1, 0.15) is 11.5 Å². The van der Waals surface area contributed by atoms with Crippen LogP contribution in [0.4, 0.5) is 4.39 Å². The average Bonchev–Trinajstić information content (AvgIpc) is 3.29. The van der Waals surface area contributed by atoms with Gasteiger partial charge in [0.05, 0.1) is 25.8 Å². The van der Waals surface area contributed by atoms with E-state index >= 15 is 0 Å². The molecule has 1 aliphatic carbocycles. The number of fused-ring (bicyclic) bond motifs is 1. The van der Waals surface area contributed by atoms with Crippen LogP contribution < -0.4 is 14.8 Å². The maximum absolute atomic E-state index is 14.2. The summed E-state index contributed by atoms with van der Waals surface area (Å²) >= 11 is 0. The summed E-state index contributed by atoms with van der Waals surface area (Å²) in [5, 5.41) is 3.04. The van der Waals surface area contributed by atoms with Gasteiger partial charge in [0.2, 0.25) is 0 Å². The highest BCUT2D eigenvalue weighted by Crippen LogP contribution is 2.39. The fourth-order valence-corrected chi connectivity index (χ4v) is 4.28. The first kappa shape index (κ1) is 20.2. The Labute approximate surface area is 164 Å². The summed E-state index contributed by atoms with van der Waals surface area (Å²) in [7, 11) is 3.04. The molecule has 2 fully saturated rings. The fraction of sp³-hybridized carbons (Fsp3) is 0.524. The number of nitrogens with one attached hydrogen (secondary N) is 1. The fourth-order valence-electron chi connectivity index (χ4n) is 4.28. The molecule has 0 bridgehead atoms. The number of carbonyl (C=O) groups excluding carboxylic acids is 2. The van der Waals surface area contributed by atoms with Gasteiger partial charge in [-0.3, -0.25) is 9.59 Å². The zero-order chi connectivity index (χ0) is 20.4. The topological polar surface area (TPSA) is 67.9 Å². The molecule has 3 atom stereocenters. The highest BCUT2D eigenvalue weighted by molar-refractivity contribution is 5.98. The molecule has 28 heavy (non-hydrogen) atoms. The second kappa shape index (κ2) is 8.20. The van der Waals surface area contributed by atoms with Gasteiger partial charge in [0, 0.05) is 12.6 Å². The lowest BCUT2D eigenvalue weighted by Crippen LogP contribution is -2.50. The van der Waals surface area contributed by atoms with Crippen LogP contribution in [0.5, 0.6) is 11.5 Å². The third-order valence-electron chi connectivity index (χ3n) is 5.70. The van der Waals surface area contributed by atoms with E-state index in [9.17, 15) is 14.0 Å². The molecule has 1 N–H and O–H groups in total. The maximum atomic E-state index is 14.2. The van der Waals surface area contributed by atoms with Gasteiger partial charge in [0.15, 0.2) is 5.83 Å². The lowest BCUT2D eigenvalue weighted by molar-refractivity contribution is -0.130. The summed E-state index contributed by atoms with van der Waals surface area (Å²) < 4.78 is 24.7. The minimum Gasteiger partial charge on any atom is -0.497 e. The Morgan fingerprint density at radius 1 is 1.14 bits per heavy atom. The molecule has 0 spiro atoms. The van der Waals surface area contributed by atoms with Crippen molar-refractivity contribution < 1.29 is 23.5 Å². The Kier molecular flexibility index (Phi) is 5.91. The number of amides is 2. The molecule has 0 aromatic heterocycles. The molecule has 0 radical (unpaired) electrons. The quantitative estimate of drug-likeness (QED) is 0.785. The molecule has 1 heterocycles. The maximum Gasteiger partial charge on any atom is 0.282 e. The molecule has 6 nitrogen and oxygen atoms in total. The minimum absolute atomic E-state index is 0.182. The van der Waals surface area contributed by atoms with E-state index in [2.05, 4.69) is 5.32 Å². The molecule has 1 aromatic carbocycles. The monoisotopic (exact) mass is 390 g/mol. The largest absolute Gasteiger partial charge is 0.497 e. The van der Waals surface area contributed by atoms with Gasteiger partial charge in [-0.25, -0.2) is 4.39 Å². The van der Waals surface area contributed by atoms with Gasteiger partial charge in [-0.2, -0.15) is 0 Å². The van der Waals surface area contributed by atoms with Crippen molar-refractivity contribution in [1.82, 2.24) is 10.2 Å². The van der Waals surface area contributed by atoms with Gasteiger partial charge < -0.3 is 19.7 Å². The minimum atomic E-state index is -0.702. The van der Waals surface area contributed by atoms with Gasteiger partial charge >= 0.3 is 0 Å². The smallest absolute Gasteiger partial charge is 0.282 e. The number of allylic oxidation sites excluding steroid dienone is 1. The summed E-state index contributed by atoms with van der Waals surface area (Å²) in [4.78, 5) is 27.1. The van der Waals surface area contributed by atoms with Crippen molar-refractivity contribution in [2.75, 3.05) is 20.8 Å². The van der Waals surface area contributed by atoms with Crippen LogP contribution in [0, 0.1) is 5.92 Å². The molecule has 2 aliphatic rings. The van der Waals surface area contributed by atoms with Crippen molar-refractivity contribution in [1.29, 1.82) is 0 Å². The normalized spacial score (nSPS) is 23.2. The summed E-state index contributed by atoms with van der Waals surface area (Å²) in [5.41, 5.74) is 0.741. The van der Waals surface area contributed by atoms with Crippen molar-refractivity contribution in [2.24, 2.45) is 5.92 Å². The van der Waals surface area contributed by atoms with E-state index in [4.69, 9.17) is 9.47 Å². The molecule has 0 unspecified atom stereocenters. The number of likely N-dealkylation sites (tertiary alicyclic amines) is 1. The van der Waals surface area contributed by atoms with E-state index in [1.807, 2.05) is 0 Å². The van der Waals surface area contributed by atoms with Gasteiger partial charge in [-0.05, 0) is 62.8 Å². The Morgan fingerprint density at radius 3 is 2.54 bits per heavy atom. The number of ether oxygens (including phenoxy) is 2. The standard InChI is InChI=1S/C21H27FN2O4/c1-12(2)18(22)21(26)24-10-9-13-5-7-16(19(13)24)23-20(25)15-11-14(27-3)6-8-17(15)28-4/h6,8,11,13,16,19H,5,7,9-10H2,1-4H3,(H,23,25)/t13-,16+,19+/m0/s1. The Balaban J connectivity index is 1.80. The lowest BCUT2D eigenvalue weighted by atomic mass is 10.0. The highest BCUT2D eigenvalue weighted by atomic mass is 19.1. The molecule has 1 saturated heterocycles. The molecule has 1 saturated carbocycles. The number of hydrogen-bond acceptors (Lipinski definition) is 4. The number of halogens is 1.